The van der Waals surface area contributed by atoms with Crippen LogP contribution in [-0.4, -0.2) is 54.3 Å². The van der Waals surface area contributed by atoms with Crippen LogP contribution in [0.4, 0.5) is 0 Å². The third-order valence-corrected chi connectivity index (χ3v) is 5.95. The van der Waals surface area contributed by atoms with Gasteiger partial charge in [0.15, 0.2) is 6.29 Å². The quantitative estimate of drug-likeness (QED) is 0.734. The SMILES string of the molecule is COc1ccc(C2OC[C@H]3O[C@@H]4C=CCOC(C4n4cc(C)c(=O)[nH]c4=O)[C@@H]3O2)cc1. The first-order chi connectivity index (χ1) is 15.0. The lowest BCUT2D eigenvalue weighted by molar-refractivity contribution is -0.317. The van der Waals surface area contributed by atoms with Crippen LogP contribution in [0.3, 0.4) is 0 Å². The Morgan fingerprint density at radius 1 is 1.10 bits per heavy atom. The van der Waals surface area contributed by atoms with E-state index in [2.05, 4.69) is 4.98 Å². The van der Waals surface area contributed by atoms with Gasteiger partial charge in [-0.15, -0.1) is 0 Å². The van der Waals surface area contributed by atoms with Crippen LogP contribution >= 0.6 is 0 Å². The molecule has 0 saturated carbocycles. The van der Waals surface area contributed by atoms with Gasteiger partial charge in [-0.3, -0.25) is 14.3 Å². The first kappa shape index (κ1) is 20.2. The molecular formula is C22H24N2O7. The Labute approximate surface area is 178 Å². The molecule has 1 N–H and O–H groups in total. The normalized spacial score (nSPS) is 32.2. The Morgan fingerprint density at radius 3 is 2.68 bits per heavy atom. The van der Waals surface area contributed by atoms with Crippen molar-refractivity contribution in [2.75, 3.05) is 20.3 Å². The smallest absolute Gasteiger partial charge is 0.328 e. The number of H-pyrrole nitrogens is 1. The van der Waals surface area contributed by atoms with E-state index in [1.54, 1.807) is 20.2 Å². The van der Waals surface area contributed by atoms with Crippen molar-refractivity contribution >= 4 is 0 Å². The largest absolute Gasteiger partial charge is 0.497 e. The molecule has 6 atom stereocenters. The van der Waals surface area contributed by atoms with E-state index in [4.69, 9.17) is 23.7 Å². The van der Waals surface area contributed by atoms with Crippen molar-refractivity contribution in [3.05, 3.63) is 74.6 Å². The van der Waals surface area contributed by atoms with Crippen LogP contribution in [0.15, 0.2) is 52.2 Å². The number of ether oxygens (including phenoxy) is 5. The molecule has 0 amide bonds. The summed E-state index contributed by atoms with van der Waals surface area (Å²) in [6, 6.07) is 6.98. The predicted molar refractivity (Wildman–Crippen MR) is 109 cm³/mol. The summed E-state index contributed by atoms with van der Waals surface area (Å²) >= 11 is 0. The lowest BCUT2D eigenvalue weighted by atomic mass is 9.91. The van der Waals surface area contributed by atoms with E-state index in [0.717, 1.165) is 11.3 Å². The van der Waals surface area contributed by atoms with Crippen molar-refractivity contribution in [3.8, 4) is 5.75 Å². The fourth-order valence-electron chi connectivity index (χ4n) is 4.39. The maximum atomic E-state index is 12.6. The van der Waals surface area contributed by atoms with Gasteiger partial charge in [0.2, 0.25) is 0 Å². The fourth-order valence-corrected chi connectivity index (χ4v) is 4.39. The molecule has 2 saturated heterocycles. The van der Waals surface area contributed by atoms with Crippen LogP contribution in [0, 0.1) is 6.92 Å². The van der Waals surface area contributed by atoms with Crippen LogP contribution in [0.25, 0.3) is 0 Å². The number of aromatic nitrogens is 2. The van der Waals surface area contributed by atoms with Crippen LogP contribution < -0.4 is 16.0 Å². The van der Waals surface area contributed by atoms with Gasteiger partial charge in [-0.2, -0.15) is 0 Å². The Hall–Kier alpha value is -2.72. The standard InChI is InChI=1S/C22H24N2O7/c1-12-10-24(22(26)23-20(12)25)17-15-4-3-9-28-19(17)18-16(30-15)11-29-21(31-18)13-5-7-14(27-2)8-6-13/h3-8,10,15-19,21H,9,11H2,1-2H3,(H,23,25,26)/t15-,16-,17?,18-,19?,21?/m1/s1. The van der Waals surface area contributed by atoms with Gasteiger partial charge in [0, 0.05) is 17.3 Å². The van der Waals surface area contributed by atoms with Crippen molar-refractivity contribution < 1.29 is 23.7 Å². The lowest BCUT2D eigenvalue weighted by Gasteiger charge is -2.48. The molecule has 2 fully saturated rings. The molecule has 4 heterocycles. The van der Waals surface area contributed by atoms with Crippen molar-refractivity contribution in [1.82, 2.24) is 9.55 Å². The molecule has 2 aromatic rings. The number of aromatic amines is 1. The highest BCUT2D eigenvalue weighted by atomic mass is 16.7. The van der Waals surface area contributed by atoms with Crippen molar-refractivity contribution in [2.45, 2.75) is 43.7 Å². The zero-order valence-electron chi connectivity index (χ0n) is 17.2. The summed E-state index contributed by atoms with van der Waals surface area (Å²) in [5.41, 5.74) is 0.376. The van der Waals surface area contributed by atoms with Crippen LogP contribution in [0.2, 0.25) is 0 Å². The van der Waals surface area contributed by atoms with Gasteiger partial charge in [-0.25, -0.2) is 4.79 Å². The summed E-state index contributed by atoms with van der Waals surface area (Å²) in [7, 11) is 1.61. The van der Waals surface area contributed by atoms with Crippen LogP contribution in [-0.2, 0) is 18.9 Å². The number of nitrogens with zero attached hydrogens (tertiary/aromatic N) is 1. The number of nitrogens with one attached hydrogen (secondary N) is 1. The summed E-state index contributed by atoms with van der Waals surface area (Å²) in [6.45, 7) is 2.36. The van der Waals surface area contributed by atoms with Gasteiger partial charge in [-0.1, -0.05) is 24.3 Å². The minimum atomic E-state index is -0.596. The summed E-state index contributed by atoms with van der Waals surface area (Å²) < 4.78 is 31.3. The summed E-state index contributed by atoms with van der Waals surface area (Å²) in [4.78, 5) is 26.9. The molecule has 3 aliphatic rings. The molecule has 5 rings (SSSR count). The van der Waals surface area contributed by atoms with Crippen molar-refractivity contribution in [2.24, 2.45) is 0 Å². The second-order valence-electron chi connectivity index (χ2n) is 7.87. The molecule has 9 nitrogen and oxygen atoms in total. The molecule has 0 spiro atoms. The third-order valence-electron chi connectivity index (χ3n) is 5.95. The second kappa shape index (κ2) is 8.08. The Balaban J connectivity index is 1.48. The van der Waals surface area contributed by atoms with Crippen LogP contribution in [0.1, 0.15) is 23.5 Å². The molecule has 9 heteroatoms. The molecule has 0 aliphatic carbocycles. The third kappa shape index (κ3) is 3.63. The first-order valence-electron chi connectivity index (χ1n) is 10.2. The number of hydrogen-bond donors (Lipinski definition) is 1. The average Bonchev–Trinajstić information content (AvgIpc) is 2.93. The minimum Gasteiger partial charge on any atom is -0.497 e. The van der Waals surface area contributed by atoms with Gasteiger partial charge < -0.3 is 23.7 Å². The molecule has 0 radical (unpaired) electrons. The Kier molecular flexibility index (Phi) is 5.27. The molecule has 1 aromatic heterocycles. The van der Waals surface area contributed by atoms with Gasteiger partial charge in [0.25, 0.3) is 5.56 Å². The average molecular weight is 428 g/mol. The van der Waals surface area contributed by atoms with Gasteiger partial charge in [0.05, 0.1) is 32.5 Å². The Bertz CT molecular complexity index is 1090. The zero-order valence-corrected chi connectivity index (χ0v) is 17.2. The monoisotopic (exact) mass is 428 g/mol. The minimum absolute atomic E-state index is 0.331. The number of fused-ring (bicyclic) bond motifs is 4. The van der Waals surface area contributed by atoms with Gasteiger partial charge in [-0.05, 0) is 19.1 Å². The number of methoxy groups -OCH3 is 1. The second-order valence-corrected chi connectivity index (χ2v) is 7.87. The molecule has 2 bridgehead atoms. The zero-order chi connectivity index (χ0) is 21.5. The number of hydrogen-bond acceptors (Lipinski definition) is 7. The molecule has 1 aromatic carbocycles. The van der Waals surface area contributed by atoms with E-state index >= 15 is 0 Å². The highest BCUT2D eigenvalue weighted by Crippen LogP contribution is 2.40. The number of rotatable bonds is 3. The predicted octanol–water partition coefficient (Wildman–Crippen LogP) is 1.23. The van der Waals surface area contributed by atoms with E-state index in [1.165, 1.54) is 4.57 Å². The summed E-state index contributed by atoms with van der Waals surface area (Å²) in [5, 5.41) is 0. The summed E-state index contributed by atoms with van der Waals surface area (Å²) in [6.07, 6.45) is 3.04. The topological polar surface area (TPSA) is 101 Å². The lowest BCUT2D eigenvalue weighted by Crippen LogP contribution is -2.60. The van der Waals surface area contributed by atoms with E-state index < -0.39 is 41.9 Å². The van der Waals surface area contributed by atoms with Crippen molar-refractivity contribution in [1.29, 1.82) is 0 Å². The molecule has 3 aliphatic heterocycles. The van der Waals surface area contributed by atoms with E-state index in [0.29, 0.717) is 18.8 Å². The van der Waals surface area contributed by atoms with E-state index in [9.17, 15) is 9.59 Å². The maximum absolute atomic E-state index is 12.6. The van der Waals surface area contributed by atoms with Crippen LogP contribution in [0.5, 0.6) is 5.75 Å². The van der Waals surface area contributed by atoms with E-state index in [-0.39, 0.29) is 6.10 Å². The highest BCUT2D eigenvalue weighted by molar-refractivity contribution is 5.28. The van der Waals surface area contributed by atoms with Gasteiger partial charge in [0.1, 0.15) is 24.1 Å². The van der Waals surface area contributed by atoms with E-state index in [1.807, 2.05) is 36.4 Å². The maximum Gasteiger partial charge on any atom is 0.328 e. The van der Waals surface area contributed by atoms with Crippen molar-refractivity contribution in [3.63, 3.8) is 0 Å². The Morgan fingerprint density at radius 2 is 1.90 bits per heavy atom. The number of aryl methyl sites for hydroxylation is 1. The molecule has 3 unspecified atom stereocenters. The summed E-state index contributed by atoms with van der Waals surface area (Å²) in [5.74, 6) is 0.743. The number of benzene rings is 1. The molecule has 164 valence electrons. The molecule has 31 heavy (non-hydrogen) atoms. The van der Waals surface area contributed by atoms with Gasteiger partial charge >= 0.3 is 5.69 Å². The fraction of sp³-hybridized carbons (Fsp3) is 0.455. The molecular weight excluding hydrogens is 404 g/mol. The highest BCUT2D eigenvalue weighted by Gasteiger charge is 2.51. The first-order valence-corrected chi connectivity index (χ1v) is 10.2.